The third-order valence-electron chi connectivity index (χ3n) is 3.16. The first kappa shape index (κ1) is 16.3. The van der Waals surface area contributed by atoms with Gasteiger partial charge in [-0.05, 0) is 12.5 Å². The van der Waals surface area contributed by atoms with Crippen LogP contribution in [0.5, 0.6) is 0 Å². The molecule has 24 heavy (non-hydrogen) atoms. The predicted molar refractivity (Wildman–Crippen MR) is 92.4 cm³/mol. The van der Waals surface area contributed by atoms with E-state index in [-0.39, 0.29) is 17.5 Å². The molecular formula is C14H14N6O2S2. The topological polar surface area (TPSA) is 102 Å². The molecule has 2 amide bonds. The van der Waals surface area contributed by atoms with E-state index >= 15 is 0 Å². The van der Waals surface area contributed by atoms with Crippen LogP contribution in [-0.2, 0) is 4.79 Å². The molecule has 0 aliphatic carbocycles. The third kappa shape index (κ3) is 3.66. The summed E-state index contributed by atoms with van der Waals surface area (Å²) >= 11 is 2.67. The average molecular weight is 362 g/mol. The van der Waals surface area contributed by atoms with Crippen molar-refractivity contribution in [3.8, 4) is 0 Å². The Morgan fingerprint density at radius 3 is 2.42 bits per heavy atom. The van der Waals surface area contributed by atoms with Crippen molar-refractivity contribution in [2.75, 3.05) is 10.6 Å². The molecular weight excluding hydrogens is 348 g/mol. The van der Waals surface area contributed by atoms with Gasteiger partial charge in [0.15, 0.2) is 16.0 Å². The molecule has 3 rings (SSSR count). The number of aromatic nitrogens is 4. The highest BCUT2D eigenvalue weighted by Crippen LogP contribution is 2.17. The van der Waals surface area contributed by atoms with Gasteiger partial charge < -0.3 is 5.32 Å². The number of rotatable bonds is 6. The zero-order chi connectivity index (χ0) is 16.9. The molecule has 0 unspecified atom stereocenters. The molecule has 124 valence electrons. The van der Waals surface area contributed by atoms with Gasteiger partial charge in [-0.1, -0.05) is 6.92 Å². The van der Waals surface area contributed by atoms with Gasteiger partial charge in [0.05, 0.1) is 0 Å². The van der Waals surface area contributed by atoms with E-state index in [2.05, 4.69) is 25.7 Å². The number of amides is 2. The summed E-state index contributed by atoms with van der Waals surface area (Å²) in [4.78, 5) is 32.5. The summed E-state index contributed by atoms with van der Waals surface area (Å²) in [6, 6.07) is 1.05. The molecule has 0 fully saturated rings. The fourth-order valence-electron chi connectivity index (χ4n) is 2.05. The molecule has 8 nitrogen and oxygen atoms in total. The van der Waals surface area contributed by atoms with Gasteiger partial charge in [-0.3, -0.25) is 19.6 Å². The van der Waals surface area contributed by atoms with Gasteiger partial charge in [0.1, 0.15) is 6.04 Å². The number of nitrogens with one attached hydrogen (secondary N) is 2. The summed E-state index contributed by atoms with van der Waals surface area (Å²) < 4.78 is 1.49. The number of thiazole rings is 2. The van der Waals surface area contributed by atoms with Gasteiger partial charge in [-0.2, -0.15) is 5.10 Å². The monoisotopic (exact) mass is 362 g/mol. The van der Waals surface area contributed by atoms with Crippen LogP contribution in [0.3, 0.4) is 0 Å². The van der Waals surface area contributed by atoms with E-state index in [9.17, 15) is 9.59 Å². The highest BCUT2D eigenvalue weighted by Gasteiger charge is 2.21. The van der Waals surface area contributed by atoms with E-state index < -0.39 is 6.04 Å². The lowest BCUT2D eigenvalue weighted by Gasteiger charge is -2.14. The number of hydrogen-bond acceptors (Lipinski definition) is 7. The zero-order valence-corrected chi connectivity index (χ0v) is 14.3. The molecule has 0 saturated carbocycles. The average Bonchev–Trinajstić information content (AvgIpc) is 3.29. The maximum absolute atomic E-state index is 12.4. The van der Waals surface area contributed by atoms with Crippen molar-refractivity contribution in [1.29, 1.82) is 0 Å². The first-order valence-corrected chi connectivity index (χ1v) is 8.89. The van der Waals surface area contributed by atoms with Gasteiger partial charge in [-0.15, -0.1) is 22.7 Å². The number of carbonyl (C=O) groups is 2. The van der Waals surface area contributed by atoms with Crippen LogP contribution in [0.2, 0.25) is 0 Å². The molecule has 1 atom stereocenters. The molecule has 0 saturated heterocycles. The van der Waals surface area contributed by atoms with Crippen LogP contribution in [0.4, 0.5) is 10.3 Å². The van der Waals surface area contributed by atoms with Gasteiger partial charge in [-0.25, -0.2) is 9.97 Å². The molecule has 3 aromatic heterocycles. The van der Waals surface area contributed by atoms with Crippen molar-refractivity contribution in [2.45, 2.75) is 19.4 Å². The molecule has 0 spiro atoms. The molecule has 2 N–H and O–H groups in total. The fourth-order valence-corrected chi connectivity index (χ4v) is 3.10. The van der Waals surface area contributed by atoms with Crippen LogP contribution in [0.1, 0.15) is 29.9 Å². The summed E-state index contributed by atoms with van der Waals surface area (Å²) in [5, 5.41) is 14.2. The summed E-state index contributed by atoms with van der Waals surface area (Å²) in [5.41, 5.74) is 0.227. The zero-order valence-electron chi connectivity index (χ0n) is 12.7. The second-order valence-electron chi connectivity index (χ2n) is 4.72. The molecule has 0 aliphatic rings. The summed E-state index contributed by atoms with van der Waals surface area (Å²) in [6.07, 6.45) is 5.38. The Morgan fingerprint density at radius 1 is 1.17 bits per heavy atom. The molecule has 0 bridgehead atoms. The van der Waals surface area contributed by atoms with Crippen LogP contribution in [-0.4, -0.2) is 31.6 Å². The SMILES string of the molecule is CC[C@@H](C(=O)Nc1nccs1)n1ccc(C(=O)Nc2nccs2)n1. The Morgan fingerprint density at radius 2 is 1.83 bits per heavy atom. The highest BCUT2D eigenvalue weighted by atomic mass is 32.1. The third-order valence-corrected chi connectivity index (χ3v) is 4.54. The maximum atomic E-state index is 12.4. The maximum Gasteiger partial charge on any atom is 0.277 e. The molecule has 0 aliphatic heterocycles. The summed E-state index contributed by atoms with van der Waals surface area (Å²) in [5.74, 6) is -0.582. The van der Waals surface area contributed by atoms with Crippen LogP contribution < -0.4 is 10.6 Å². The summed E-state index contributed by atoms with van der Waals surface area (Å²) in [6.45, 7) is 1.88. The molecule has 10 heteroatoms. The fraction of sp³-hybridized carbons (Fsp3) is 0.214. The quantitative estimate of drug-likeness (QED) is 0.702. The van der Waals surface area contributed by atoms with Crippen molar-refractivity contribution < 1.29 is 9.59 Å². The van der Waals surface area contributed by atoms with Crippen molar-refractivity contribution in [3.05, 3.63) is 41.1 Å². The molecule has 3 aromatic rings. The number of anilines is 2. The van der Waals surface area contributed by atoms with Gasteiger partial charge in [0.2, 0.25) is 0 Å². The van der Waals surface area contributed by atoms with Crippen molar-refractivity contribution in [3.63, 3.8) is 0 Å². The van der Waals surface area contributed by atoms with Gasteiger partial charge in [0, 0.05) is 29.4 Å². The molecule has 0 radical (unpaired) electrons. The smallest absolute Gasteiger partial charge is 0.277 e. The van der Waals surface area contributed by atoms with Gasteiger partial charge in [0.25, 0.3) is 11.8 Å². The van der Waals surface area contributed by atoms with E-state index in [0.29, 0.717) is 16.7 Å². The lowest BCUT2D eigenvalue weighted by atomic mass is 10.2. The lowest BCUT2D eigenvalue weighted by Crippen LogP contribution is -2.26. The van der Waals surface area contributed by atoms with E-state index in [0.717, 1.165) is 0 Å². The molecule has 3 heterocycles. The minimum Gasteiger partial charge on any atom is -0.300 e. The van der Waals surface area contributed by atoms with E-state index in [4.69, 9.17) is 0 Å². The highest BCUT2D eigenvalue weighted by molar-refractivity contribution is 7.14. The second kappa shape index (κ2) is 7.32. The summed E-state index contributed by atoms with van der Waals surface area (Å²) in [7, 11) is 0. The van der Waals surface area contributed by atoms with Crippen molar-refractivity contribution in [2.24, 2.45) is 0 Å². The van der Waals surface area contributed by atoms with E-state index in [1.807, 2.05) is 6.92 Å². The second-order valence-corrected chi connectivity index (χ2v) is 6.51. The van der Waals surface area contributed by atoms with Crippen LogP contribution in [0.15, 0.2) is 35.4 Å². The van der Waals surface area contributed by atoms with Gasteiger partial charge >= 0.3 is 0 Å². The first-order chi connectivity index (χ1) is 11.7. The van der Waals surface area contributed by atoms with Crippen molar-refractivity contribution in [1.82, 2.24) is 19.7 Å². The Labute approximate surface area is 145 Å². The van der Waals surface area contributed by atoms with E-state index in [1.54, 1.807) is 35.4 Å². The predicted octanol–water partition coefficient (Wildman–Crippen LogP) is 2.64. The Balaban J connectivity index is 1.70. The number of nitrogens with zero attached hydrogens (tertiary/aromatic N) is 4. The van der Waals surface area contributed by atoms with Crippen LogP contribution in [0.25, 0.3) is 0 Å². The minimum absolute atomic E-state index is 0.220. The van der Waals surface area contributed by atoms with E-state index in [1.165, 1.54) is 27.4 Å². The van der Waals surface area contributed by atoms with Crippen LogP contribution >= 0.6 is 22.7 Å². The largest absolute Gasteiger partial charge is 0.300 e. The Bertz CT molecular complexity index is 812. The standard InChI is InChI=1S/C14H14N6O2S2/c1-2-10(12(22)18-14-16-5-8-24-14)20-6-3-9(19-20)11(21)17-13-15-4-7-23-13/h3-8,10H,2H2,1H3,(H,15,17,21)(H,16,18,22)/t10-/m0/s1. The Hall–Kier alpha value is -2.59. The lowest BCUT2D eigenvalue weighted by molar-refractivity contribution is -0.119. The minimum atomic E-state index is -0.518. The number of carbonyl (C=O) groups excluding carboxylic acids is 2. The normalized spacial score (nSPS) is 11.9. The van der Waals surface area contributed by atoms with Crippen molar-refractivity contribution >= 4 is 44.8 Å². The molecule has 0 aromatic carbocycles. The van der Waals surface area contributed by atoms with Crippen LogP contribution in [0, 0.1) is 0 Å². The first-order valence-electron chi connectivity index (χ1n) is 7.13. The Kier molecular flexibility index (Phi) is 4.96. The number of hydrogen-bond donors (Lipinski definition) is 2.